The molecular weight excluding hydrogens is 576 g/mol. The fraction of sp³-hybridized carbons (Fsp3) is 0. The number of hydrogen-bond acceptors (Lipinski definition) is 11. The largest absolute Gasteiger partial charge is 0.505 e. The van der Waals surface area contributed by atoms with E-state index in [1.54, 1.807) is 0 Å². The summed E-state index contributed by atoms with van der Waals surface area (Å²) < 4.78 is 98.3. The smallest absolute Gasteiger partial charge is 0.296 e. The molecule has 0 unspecified atom stereocenters. The third-order valence-corrected chi connectivity index (χ3v) is 7.78. The molecule has 14 nitrogen and oxygen atoms in total. The Balaban J connectivity index is 1.73. The van der Waals surface area contributed by atoms with Gasteiger partial charge in [-0.1, -0.05) is 24.3 Å². The second-order valence-corrected chi connectivity index (χ2v) is 12.0. The van der Waals surface area contributed by atoms with Gasteiger partial charge in [0.1, 0.15) is 21.2 Å². The zero-order valence-corrected chi connectivity index (χ0v) is 21.6. The molecule has 0 aliphatic heterocycles. The van der Waals surface area contributed by atoms with E-state index in [9.17, 15) is 39.5 Å². The lowest BCUT2D eigenvalue weighted by Crippen LogP contribution is -1.99. The Bertz CT molecular complexity index is 1990. The number of phenols is 1. The number of nitrogens with zero attached hydrogens (tertiary/aromatic N) is 4. The second-order valence-electron chi connectivity index (χ2n) is 7.76. The molecule has 4 N–H and O–H groups in total. The van der Waals surface area contributed by atoms with Gasteiger partial charge in [-0.2, -0.15) is 35.5 Å². The molecule has 202 valence electrons. The first-order chi connectivity index (χ1) is 18.1. The first kappa shape index (κ1) is 27.9. The van der Waals surface area contributed by atoms with E-state index >= 15 is 0 Å². The number of fused-ring (bicyclic) bond motifs is 1. The SMILES string of the molecule is O=S(=O)(O)c1ccc(N=Nc2ccc(N=Nc3cc(S(=O)(=O)O)c4ccccc4c3O)c(S(=O)(=O)O)c2)cc1. The summed E-state index contributed by atoms with van der Waals surface area (Å²) >= 11 is 0. The molecule has 39 heavy (non-hydrogen) atoms. The van der Waals surface area contributed by atoms with Gasteiger partial charge in [0.2, 0.25) is 0 Å². The van der Waals surface area contributed by atoms with Crippen LogP contribution in [0.3, 0.4) is 0 Å². The minimum Gasteiger partial charge on any atom is -0.505 e. The van der Waals surface area contributed by atoms with Crippen molar-refractivity contribution >= 4 is 63.9 Å². The zero-order valence-electron chi connectivity index (χ0n) is 19.2. The lowest BCUT2D eigenvalue weighted by Gasteiger charge is -2.08. The predicted molar refractivity (Wildman–Crippen MR) is 136 cm³/mol. The molecule has 4 aromatic rings. The molecule has 0 bridgehead atoms. The zero-order chi connectivity index (χ0) is 28.6. The Hall–Kier alpha value is -4.13. The molecule has 4 aromatic carbocycles. The van der Waals surface area contributed by atoms with Crippen LogP contribution in [0, 0.1) is 0 Å². The molecule has 0 aromatic heterocycles. The molecule has 0 heterocycles. The summed E-state index contributed by atoms with van der Waals surface area (Å²) in [5.41, 5.74) is -0.738. The van der Waals surface area contributed by atoms with Crippen LogP contribution in [0.15, 0.2) is 108 Å². The number of azo groups is 2. The van der Waals surface area contributed by atoms with Crippen LogP contribution in [0.2, 0.25) is 0 Å². The molecule has 0 saturated heterocycles. The maximum absolute atomic E-state index is 12.0. The van der Waals surface area contributed by atoms with E-state index < -0.39 is 57.3 Å². The summed E-state index contributed by atoms with van der Waals surface area (Å²) in [6.07, 6.45) is 0. The molecule has 17 heteroatoms. The molecule has 0 fully saturated rings. The number of aromatic hydroxyl groups is 1. The highest BCUT2D eigenvalue weighted by atomic mass is 32.2. The summed E-state index contributed by atoms with van der Waals surface area (Å²) in [5.74, 6) is -0.499. The molecule has 0 aliphatic carbocycles. The topological polar surface area (TPSA) is 233 Å². The second kappa shape index (κ2) is 10.2. The number of benzene rings is 4. The molecule has 0 spiro atoms. The van der Waals surface area contributed by atoms with E-state index in [4.69, 9.17) is 4.55 Å². The summed E-state index contributed by atoms with van der Waals surface area (Å²) in [5, 5.41) is 25.7. The third-order valence-electron chi connectivity index (χ3n) is 5.14. The highest BCUT2D eigenvalue weighted by molar-refractivity contribution is 7.86. The van der Waals surface area contributed by atoms with Crippen molar-refractivity contribution in [1.29, 1.82) is 0 Å². The fourth-order valence-electron chi connectivity index (χ4n) is 3.36. The van der Waals surface area contributed by atoms with Gasteiger partial charge in [0, 0.05) is 10.8 Å². The summed E-state index contributed by atoms with van der Waals surface area (Å²) in [6.45, 7) is 0. The van der Waals surface area contributed by atoms with E-state index in [2.05, 4.69) is 20.5 Å². The van der Waals surface area contributed by atoms with Crippen LogP contribution in [0.25, 0.3) is 10.8 Å². The van der Waals surface area contributed by atoms with Crippen molar-refractivity contribution in [2.45, 2.75) is 14.7 Å². The van der Waals surface area contributed by atoms with Gasteiger partial charge < -0.3 is 5.11 Å². The van der Waals surface area contributed by atoms with E-state index in [0.29, 0.717) is 0 Å². The van der Waals surface area contributed by atoms with Crippen LogP contribution in [0.4, 0.5) is 22.7 Å². The lowest BCUT2D eigenvalue weighted by atomic mass is 10.1. The molecule has 0 radical (unpaired) electrons. The van der Waals surface area contributed by atoms with Crippen LogP contribution in [0.5, 0.6) is 5.75 Å². The van der Waals surface area contributed by atoms with Gasteiger partial charge in [0.15, 0.2) is 5.75 Å². The van der Waals surface area contributed by atoms with Crippen molar-refractivity contribution in [3.8, 4) is 5.75 Å². The summed E-state index contributed by atoms with van der Waals surface area (Å²) in [7, 11) is -14.0. The molecule has 4 rings (SSSR count). The van der Waals surface area contributed by atoms with Gasteiger partial charge in [0.05, 0.1) is 16.3 Å². The first-order valence-corrected chi connectivity index (χ1v) is 14.7. The Morgan fingerprint density at radius 1 is 0.513 bits per heavy atom. The Labute approximate surface area is 221 Å². The van der Waals surface area contributed by atoms with Crippen molar-refractivity contribution in [3.63, 3.8) is 0 Å². The molecular formula is C22H16N4O10S3. The summed E-state index contributed by atoms with van der Waals surface area (Å²) in [6, 6.07) is 14.4. The highest BCUT2D eigenvalue weighted by Crippen LogP contribution is 2.40. The van der Waals surface area contributed by atoms with Crippen molar-refractivity contribution < 1.29 is 44.0 Å². The normalized spacial score (nSPS) is 13.0. The minimum absolute atomic E-state index is 0.0115. The lowest BCUT2D eigenvalue weighted by molar-refractivity contribution is 0.478. The first-order valence-electron chi connectivity index (χ1n) is 10.4. The number of phenolic OH excluding ortho intramolecular Hbond substituents is 1. The van der Waals surface area contributed by atoms with Gasteiger partial charge in [-0.15, -0.1) is 10.2 Å². The van der Waals surface area contributed by atoms with Gasteiger partial charge in [-0.25, -0.2) is 0 Å². The Kier molecular flexibility index (Phi) is 7.30. The maximum Gasteiger partial charge on any atom is 0.296 e. The third kappa shape index (κ3) is 6.30. The molecule has 0 saturated carbocycles. The van der Waals surface area contributed by atoms with Gasteiger partial charge in [-0.05, 0) is 48.5 Å². The van der Waals surface area contributed by atoms with E-state index in [1.807, 2.05) is 0 Å². The highest BCUT2D eigenvalue weighted by Gasteiger charge is 2.20. The molecule has 0 aliphatic rings. The van der Waals surface area contributed by atoms with E-state index in [0.717, 1.165) is 30.3 Å². The van der Waals surface area contributed by atoms with Crippen LogP contribution >= 0.6 is 0 Å². The average molecular weight is 593 g/mol. The Morgan fingerprint density at radius 3 is 1.64 bits per heavy atom. The van der Waals surface area contributed by atoms with Crippen molar-refractivity contribution in [3.05, 3.63) is 72.8 Å². The van der Waals surface area contributed by atoms with Crippen molar-refractivity contribution in [1.82, 2.24) is 0 Å². The number of hydrogen-bond donors (Lipinski definition) is 4. The van der Waals surface area contributed by atoms with Crippen LogP contribution in [-0.4, -0.2) is 44.0 Å². The molecule has 0 atom stereocenters. The van der Waals surface area contributed by atoms with Gasteiger partial charge in [0.25, 0.3) is 30.4 Å². The minimum atomic E-state index is -4.89. The van der Waals surface area contributed by atoms with Crippen molar-refractivity contribution in [2.24, 2.45) is 20.5 Å². The van der Waals surface area contributed by atoms with E-state index in [1.165, 1.54) is 42.5 Å². The standard InChI is InChI=1S/C22H16N4O10S3/c27-22-17-4-2-1-3-16(17)20(38(31,32)33)12-19(22)26-25-18-10-7-14(11-21(18)39(34,35)36)24-23-13-5-8-15(9-6-13)37(28,29)30/h1-12,27H,(H,28,29,30)(H,31,32,33)(H,34,35,36). The average Bonchev–Trinajstić information content (AvgIpc) is 2.86. The molecule has 0 amide bonds. The quantitative estimate of drug-likeness (QED) is 0.163. The number of rotatable bonds is 7. The Morgan fingerprint density at radius 2 is 1.05 bits per heavy atom. The fourth-order valence-corrected chi connectivity index (χ4v) is 5.20. The van der Waals surface area contributed by atoms with E-state index in [-0.39, 0.29) is 27.0 Å². The van der Waals surface area contributed by atoms with Crippen LogP contribution < -0.4 is 0 Å². The van der Waals surface area contributed by atoms with Crippen LogP contribution in [0.1, 0.15) is 0 Å². The van der Waals surface area contributed by atoms with Crippen molar-refractivity contribution in [2.75, 3.05) is 0 Å². The monoisotopic (exact) mass is 592 g/mol. The maximum atomic E-state index is 12.0. The van der Waals surface area contributed by atoms with Crippen LogP contribution in [-0.2, 0) is 30.4 Å². The van der Waals surface area contributed by atoms with Gasteiger partial charge in [-0.3, -0.25) is 13.7 Å². The summed E-state index contributed by atoms with van der Waals surface area (Å²) in [4.78, 5) is -1.69. The predicted octanol–water partition coefficient (Wildman–Crippen LogP) is 5.12. The van der Waals surface area contributed by atoms with Gasteiger partial charge >= 0.3 is 0 Å².